The topological polar surface area (TPSA) is 218 Å². The standard InChI is InChI=1S/C46H54F4N2O13S3/c1-45(2,3)34-27-31(64-39-26-30(15-17-33(34)39)51(22-23-63-5)20-11-25-67(57,58)59)12-9-13-40-46(4,19-10-24-66(54,55)56)35-28-32(68(60,61)62)16-18-38(35)52(40)21-8-6-7-14-41(53)65-44-42(49)36(47)29-37(48)43(44)50/h9,12-13,15-18,26-29H,6-8,10-11,14,19-25H2,1-5H3,(H2-,54,55,56,57,58,59,60,61,62)/p+1. The van der Waals surface area contributed by atoms with Crippen LogP contribution in [0, 0.1) is 23.3 Å². The summed E-state index contributed by atoms with van der Waals surface area (Å²) in [6.07, 6.45) is 5.70. The number of ether oxygens (including phenoxy) is 2. The molecule has 0 saturated heterocycles. The summed E-state index contributed by atoms with van der Waals surface area (Å²) in [5.74, 6) is -9.94. The van der Waals surface area contributed by atoms with Crippen LogP contribution in [0.3, 0.4) is 0 Å². The average Bonchev–Trinajstić information content (AvgIpc) is 3.46. The predicted molar refractivity (Wildman–Crippen MR) is 246 cm³/mol. The van der Waals surface area contributed by atoms with Crippen LogP contribution in [-0.2, 0) is 50.7 Å². The van der Waals surface area contributed by atoms with E-state index in [-0.39, 0.29) is 56.7 Å². The Morgan fingerprint density at radius 2 is 1.50 bits per heavy atom. The first kappa shape index (κ1) is 54.0. The molecule has 0 aromatic heterocycles. The molecule has 2 aliphatic heterocycles. The van der Waals surface area contributed by atoms with E-state index in [1.807, 2.05) is 54.5 Å². The van der Waals surface area contributed by atoms with Crippen LogP contribution in [0.2, 0.25) is 0 Å². The molecule has 3 N–H and O–H groups in total. The van der Waals surface area contributed by atoms with E-state index in [1.54, 1.807) is 32.3 Å². The van der Waals surface area contributed by atoms with E-state index >= 15 is 0 Å². The second-order valence-electron chi connectivity index (χ2n) is 17.6. The second-order valence-corrected chi connectivity index (χ2v) is 22.2. The number of hydrogen-bond donors (Lipinski definition) is 3. The Kier molecular flexibility index (Phi) is 17.3. The zero-order valence-corrected chi connectivity index (χ0v) is 40.5. The monoisotopic (exact) mass is 1020 g/mol. The molecule has 22 heteroatoms. The number of hydrogen-bond acceptors (Lipinski definition) is 11. The molecule has 0 radical (unpaired) electrons. The summed E-state index contributed by atoms with van der Waals surface area (Å²) in [7, 11) is -11.8. The number of anilines is 1. The van der Waals surface area contributed by atoms with Gasteiger partial charge in [-0.1, -0.05) is 33.3 Å². The summed E-state index contributed by atoms with van der Waals surface area (Å²) in [6.45, 7) is 9.12. The molecule has 1 unspecified atom stereocenters. The molecule has 1 aliphatic carbocycles. The highest BCUT2D eigenvalue weighted by atomic mass is 32.2. The van der Waals surface area contributed by atoms with Crippen LogP contribution >= 0.6 is 0 Å². The molecule has 5 rings (SSSR count). The number of carbonyl (C=O) groups excluding carboxylic acids is 1. The Labute approximate surface area is 393 Å². The molecule has 15 nitrogen and oxygen atoms in total. The molecule has 3 aliphatic rings. The van der Waals surface area contributed by atoms with Crippen molar-refractivity contribution < 1.29 is 75.2 Å². The first-order valence-electron chi connectivity index (χ1n) is 21.5. The van der Waals surface area contributed by atoms with E-state index in [0.717, 1.165) is 11.1 Å². The van der Waals surface area contributed by atoms with Crippen molar-refractivity contribution in [2.45, 2.75) is 88.4 Å². The van der Waals surface area contributed by atoms with Crippen molar-refractivity contribution in [3.05, 3.63) is 112 Å². The van der Waals surface area contributed by atoms with E-state index in [4.69, 9.17) is 9.15 Å². The Hall–Kier alpha value is -4.97. The van der Waals surface area contributed by atoms with Crippen molar-refractivity contribution in [2.24, 2.45) is 0 Å². The van der Waals surface area contributed by atoms with Gasteiger partial charge in [-0.15, -0.1) is 0 Å². The maximum absolute atomic E-state index is 14.1. The first-order chi connectivity index (χ1) is 31.6. The molecule has 0 amide bonds. The molecule has 68 heavy (non-hydrogen) atoms. The van der Waals surface area contributed by atoms with Gasteiger partial charge in [-0.05, 0) is 91.6 Å². The number of allylic oxidation sites excluding steroid dienone is 3. The van der Waals surface area contributed by atoms with Gasteiger partial charge < -0.3 is 18.8 Å². The Balaban J connectivity index is 1.54. The zero-order chi connectivity index (χ0) is 50.4. The largest absolute Gasteiger partial charge is 0.456 e. The van der Waals surface area contributed by atoms with Crippen molar-refractivity contribution in [3.63, 3.8) is 0 Å². The lowest BCUT2D eigenvalue weighted by molar-refractivity contribution is -0.135. The number of nitrogens with zero attached hydrogens (tertiary/aromatic N) is 2. The van der Waals surface area contributed by atoms with Crippen LogP contribution in [0.25, 0.3) is 17.4 Å². The van der Waals surface area contributed by atoms with Gasteiger partial charge in [0.1, 0.15) is 24.7 Å². The Morgan fingerprint density at radius 3 is 2.12 bits per heavy atom. The maximum Gasteiger partial charge on any atom is 0.311 e. The molecule has 2 aromatic carbocycles. The normalized spacial score (nSPS) is 16.8. The quantitative estimate of drug-likeness (QED) is 0.0139. The molecule has 2 heterocycles. The molecule has 0 spiro atoms. The van der Waals surface area contributed by atoms with Crippen molar-refractivity contribution in [1.29, 1.82) is 0 Å². The van der Waals surface area contributed by atoms with E-state index in [0.29, 0.717) is 59.8 Å². The Bertz CT molecular complexity index is 2940. The third-order valence-corrected chi connectivity index (χ3v) is 13.9. The summed E-state index contributed by atoms with van der Waals surface area (Å²) in [4.78, 5) is 13.9. The number of rotatable bonds is 21. The number of benzene rings is 3. The van der Waals surface area contributed by atoms with Gasteiger partial charge in [0, 0.05) is 61.0 Å². The van der Waals surface area contributed by atoms with Gasteiger partial charge in [0.15, 0.2) is 18.2 Å². The fourth-order valence-electron chi connectivity index (χ4n) is 8.16. The molecular formula is C46H55F4N2O13S3+. The number of unbranched alkanes of at least 4 members (excludes halogenated alkanes) is 2. The van der Waals surface area contributed by atoms with E-state index < -0.39 is 87.2 Å². The van der Waals surface area contributed by atoms with Gasteiger partial charge in [0.2, 0.25) is 22.7 Å². The third kappa shape index (κ3) is 13.8. The van der Waals surface area contributed by atoms with Crippen LogP contribution in [0.15, 0.2) is 75.7 Å². The number of fused-ring (bicyclic) bond motifs is 2. The molecule has 1 atom stereocenters. The van der Waals surface area contributed by atoms with Crippen LogP contribution in [0.4, 0.5) is 23.2 Å². The summed E-state index contributed by atoms with van der Waals surface area (Å²) in [5, 5.41) is 0.711. The van der Waals surface area contributed by atoms with Crippen LogP contribution in [0.1, 0.15) is 89.5 Å². The molecular weight excluding hydrogens is 961 g/mol. The highest BCUT2D eigenvalue weighted by Gasteiger charge is 2.44. The lowest BCUT2D eigenvalue weighted by Crippen LogP contribution is -2.34. The minimum Gasteiger partial charge on any atom is -0.456 e. The SMILES string of the molecule is COCC[N+](CCCS(=O)(=O)O)=c1ccc2c(C(C)(C)C)cc(/C=C/C=C3/N(CCCCCC(=O)Oc4c(F)c(F)cc(F)c4F)c4ccc(S(=O)(=O)O)cc4C3(C)CCCS(=O)(=O)O)oc-2c1. The first-order valence-corrected chi connectivity index (χ1v) is 26.2. The molecule has 372 valence electrons. The van der Waals surface area contributed by atoms with Gasteiger partial charge in [0.25, 0.3) is 30.4 Å². The van der Waals surface area contributed by atoms with Gasteiger partial charge >= 0.3 is 5.97 Å². The summed E-state index contributed by atoms with van der Waals surface area (Å²) >= 11 is 0. The maximum atomic E-state index is 14.1. The molecule has 0 fully saturated rings. The number of halogens is 4. The molecule has 2 aromatic rings. The molecule has 0 saturated carbocycles. The highest BCUT2D eigenvalue weighted by molar-refractivity contribution is 7.86. The fraction of sp³-hybridized carbons (Fsp3) is 0.435. The highest BCUT2D eigenvalue weighted by Crippen LogP contribution is 2.51. The predicted octanol–water partition coefficient (Wildman–Crippen LogP) is 7.69. The summed E-state index contributed by atoms with van der Waals surface area (Å²) in [6, 6.07) is 11.5. The van der Waals surface area contributed by atoms with E-state index in [9.17, 15) is 61.3 Å². The summed E-state index contributed by atoms with van der Waals surface area (Å²) in [5.41, 5.74) is 1.72. The van der Waals surface area contributed by atoms with Crippen LogP contribution in [0.5, 0.6) is 5.75 Å². The van der Waals surface area contributed by atoms with Crippen LogP contribution in [-0.4, -0.2) is 89.7 Å². The van der Waals surface area contributed by atoms with Crippen LogP contribution < -0.4 is 19.6 Å². The van der Waals surface area contributed by atoms with Gasteiger partial charge in [-0.3, -0.25) is 18.5 Å². The summed E-state index contributed by atoms with van der Waals surface area (Å²) < 4.78 is 174. The third-order valence-electron chi connectivity index (χ3n) is 11.5. The minimum atomic E-state index is -4.71. The minimum absolute atomic E-state index is 0.0132. The lowest BCUT2D eigenvalue weighted by Gasteiger charge is -2.30. The van der Waals surface area contributed by atoms with Crippen molar-refractivity contribution in [1.82, 2.24) is 4.58 Å². The Morgan fingerprint density at radius 1 is 0.838 bits per heavy atom. The smallest absolute Gasteiger partial charge is 0.311 e. The number of methoxy groups -OCH3 is 1. The zero-order valence-electron chi connectivity index (χ0n) is 38.1. The van der Waals surface area contributed by atoms with Crippen molar-refractivity contribution in [2.75, 3.05) is 49.8 Å². The average molecular weight is 1020 g/mol. The van der Waals surface area contributed by atoms with E-state index in [2.05, 4.69) is 4.74 Å². The lowest BCUT2D eigenvalue weighted by atomic mass is 9.77. The second kappa shape index (κ2) is 21.8. The number of esters is 1. The van der Waals surface area contributed by atoms with Gasteiger partial charge in [0.05, 0.1) is 22.5 Å². The molecule has 0 bridgehead atoms. The van der Waals surface area contributed by atoms with Crippen molar-refractivity contribution >= 4 is 48.1 Å². The number of carbonyl (C=O) groups is 1. The van der Waals surface area contributed by atoms with Gasteiger partial charge in [-0.25, -0.2) is 13.4 Å². The van der Waals surface area contributed by atoms with Crippen molar-refractivity contribution in [3.8, 4) is 17.1 Å². The van der Waals surface area contributed by atoms with E-state index in [1.165, 1.54) is 18.2 Å². The fourth-order valence-corrected chi connectivity index (χ4v) is 9.67. The van der Waals surface area contributed by atoms with Gasteiger partial charge in [-0.2, -0.15) is 34.0 Å².